The number of rotatable bonds is 1. The summed E-state index contributed by atoms with van der Waals surface area (Å²) in [4.78, 5) is 0. The van der Waals surface area contributed by atoms with Crippen LogP contribution in [0.15, 0.2) is 29.6 Å². The first-order chi connectivity index (χ1) is 6.29. The second kappa shape index (κ2) is 3.35. The molecule has 1 heteroatoms. The number of hydrogen-bond donors (Lipinski definition) is 0. The maximum Gasteiger partial charge on any atom is 0.0481 e. The smallest absolute Gasteiger partial charge is 0.0481 e. The van der Waals surface area contributed by atoms with Gasteiger partial charge >= 0.3 is 0 Å². The number of benzene rings is 1. The summed E-state index contributed by atoms with van der Waals surface area (Å²) < 4.78 is 0. The third-order valence-corrected chi connectivity index (χ3v) is 3.01. The molecule has 0 amide bonds. The van der Waals surface area contributed by atoms with Crippen LogP contribution in [0.2, 0.25) is 0 Å². The lowest BCUT2D eigenvalue weighted by Gasteiger charge is -2.03. The highest BCUT2D eigenvalue weighted by Gasteiger charge is 2.04. The van der Waals surface area contributed by atoms with Crippen molar-refractivity contribution in [3.8, 4) is 11.1 Å². The minimum atomic E-state index is 1.25. The molecule has 1 aromatic heterocycles. The highest BCUT2D eigenvalue weighted by Crippen LogP contribution is 2.28. The van der Waals surface area contributed by atoms with Crippen LogP contribution in [0.4, 0.5) is 0 Å². The van der Waals surface area contributed by atoms with Gasteiger partial charge in [-0.05, 0) is 41.5 Å². The van der Waals surface area contributed by atoms with Gasteiger partial charge in [-0.3, -0.25) is 0 Å². The average molecular weight is 187 g/mol. The summed E-state index contributed by atoms with van der Waals surface area (Å²) in [6, 6.07) is 8.47. The molecule has 0 aliphatic carbocycles. The first kappa shape index (κ1) is 8.52. The van der Waals surface area contributed by atoms with E-state index in [1.54, 1.807) is 11.3 Å². The zero-order valence-corrected chi connectivity index (χ0v) is 8.61. The SMILES string of the molecule is Cc1[c]scc1-c1ccccc1C. The van der Waals surface area contributed by atoms with Gasteiger partial charge in [0.15, 0.2) is 0 Å². The van der Waals surface area contributed by atoms with E-state index in [1.807, 2.05) is 0 Å². The van der Waals surface area contributed by atoms with Crippen molar-refractivity contribution >= 4 is 11.3 Å². The lowest BCUT2D eigenvalue weighted by atomic mass is 10.0. The topological polar surface area (TPSA) is 0 Å². The van der Waals surface area contributed by atoms with Gasteiger partial charge in [0, 0.05) is 5.38 Å². The Bertz CT molecular complexity index is 413. The fraction of sp³-hybridized carbons (Fsp3) is 0.167. The van der Waals surface area contributed by atoms with E-state index in [0.717, 1.165) is 0 Å². The van der Waals surface area contributed by atoms with Crippen molar-refractivity contribution in [3.05, 3.63) is 46.2 Å². The fourth-order valence-corrected chi connectivity index (χ4v) is 2.23. The van der Waals surface area contributed by atoms with Gasteiger partial charge in [0.2, 0.25) is 0 Å². The van der Waals surface area contributed by atoms with Crippen LogP contribution in [-0.4, -0.2) is 0 Å². The Labute approximate surface area is 82.9 Å². The fourth-order valence-electron chi connectivity index (χ4n) is 1.46. The Morgan fingerprint density at radius 1 is 1.08 bits per heavy atom. The molecule has 0 saturated heterocycles. The van der Waals surface area contributed by atoms with E-state index in [0.29, 0.717) is 0 Å². The largest absolute Gasteiger partial charge is 0.142 e. The molecule has 2 aromatic rings. The van der Waals surface area contributed by atoms with E-state index in [-0.39, 0.29) is 0 Å². The van der Waals surface area contributed by atoms with Gasteiger partial charge in [0.1, 0.15) is 0 Å². The van der Waals surface area contributed by atoms with Crippen molar-refractivity contribution in [2.75, 3.05) is 0 Å². The third kappa shape index (κ3) is 1.52. The summed E-state index contributed by atoms with van der Waals surface area (Å²) >= 11 is 1.64. The van der Waals surface area contributed by atoms with Crippen LogP contribution in [0.5, 0.6) is 0 Å². The number of aryl methyl sites for hydroxylation is 2. The Morgan fingerprint density at radius 3 is 2.46 bits per heavy atom. The van der Waals surface area contributed by atoms with Crippen LogP contribution in [0, 0.1) is 19.2 Å². The molecule has 0 aliphatic heterocycles. The van der Waals surface area contributed by atoms with Gasteiger partial charge in [-0.1, -0.05) is 24.3 Å². The molecule has 0 N–H and O–H groups in total. The van der Waals surface area contributed by atoms with E-state index < -0.39 is 0 Å². The van der Waals surface area contributed by atoms with Gasteiger partial charge in [-0.2, -0.15) is 0 Å². The van der Waals surface area contributed by atoms with E-state index in [4.69, 9.17) is 0 Å². The van der Waals surface area contributed by atoms with Crippen molar-refractivity contribution in [2.24, 2.45) is 0 Å². The standard InChI is InChI=1S/C12H11S/c1-9-5-3-4-6-11(9)12-8-13-7-10(12)2/h3-6,8H,1-2H3. The van der Waals surface area contributed by atoms with Crippen molar-refractivity contribution in [3.63, 3.8) is 0 Å². The van der Waals surface area contributed by atoms with Crippen molar-refractivity contribution in [1.29, 1.82) is 0 Å². The van der Waals surface area contributed by atoms with Crippen LogP contribution in [0.1, 0.15) is 11.1 Å². The lowest BCUT2D eigenvalue weighted by Crippen LogP contribution is -1.81. The van der Waals surface area contributed by atoms with Gasteiger partial charge in [-0.15, -0.1) is 11.3 Å². The zero-order chi connectivity index (χ0) is 9.26. The molecule has 1 heterocycles. The molecule has 0 bridgehead atoms. The summed E-state index contributed by atoms with van der Waals surface area (Å²) in [5.41, 5.74) is 5.23. The molecule has 0 saturated carbocycles. The highest BCUT2D eigenvalue weighted by molar-refractivity contribution is 7.07. The Hall–Kier alpha value is -1.08. The summed E-state index contributed by atoms with van der Waals surface area (Å²) in [5.74, 6) is 0. The Balaban J connectivity index is 2.59. The van der Waals surface area contributed by atoms with Crippen molar-refractivity contribution < 1.29 is 0 Å². The minimum Gasteiger partial charge on any atom is -0.142 e. The summed E-state index contributed by atoms with van der Waals surface area (Å²) in [5, 5.41) is 5.40. The Kier molecular flexibility index (Phi) is 2.19. The Morgan fingerprint density at radius 2 is 1.85 bits per heavy atom. The summed E-state index contributed by atoms with van der Waals surface area (Å²) in [6.07, 6.45) is 0. The molecule has 65 valence electrons. The van der Waals surface area contributed by atoms with E-state index in [9.17, 15) is 0 Å². The van der Waals surface area contributed by atoms with Crippen molar-refractivity contribution in [2.45, 2.75) is 13.8 Å². The molecule has 1 aromatic carbocycles. The highest BCUT2D eigenvalue weighted by atomic mass is 32.1. The molecule has 0 unspecified atom stereocenters. The average Bonchev–Trinajstić information content (AvgIpc) is 2.52. The van der Waals surface area contributed by atoms with Crippen LogP contribution < -0.4 is 0 Å². The molecule has 1 radical (unpaired) electrons. The van der Waals surface area contributed by atoms with Crippen LogP contribution in [0.3, 0.4) is 0 Å². The van der Waals surface area contributed by atoms with E-state index in [2.05, 4.69) is 48.9 Å². The molecule has 2 rings (SSSR count). The molecule has 0 atom stereocenters. The molecule has 0 spiro atoms. The van der Waals surface area contributed by atoms with Crippen LogP contribution >= 0.6 is 11.3 Å². The van der Waals surface area contributed by atoms with Crippen LogP contribution in [0.25, 0.3) is 11.1 Å². The zero-order valence-electron chi connectivity index (χ0n) is 7.79. The predicted octanol–water partition coefficient (Wildman–Crippen LogP) is 3.83. The van der Waals surface area contributed by atoms with Gasteiger partial charge in [0.25, 0.3) is 0 Å². The first-order valence-corrected chi connectivity index (χ1v) is 5.19. The van der Waals surface area contributed by atoms with E-state index >= 15 is 0 Å². The maximum absolute atomic E-state index is 3.24. The van der Waals surface area contributed by atoms with Crippen molar-refractivity contribution in [1.82, 2.24) is 0 Å². The molecule has 0 nitrogen and oxygen atoms in total. The van der Waals surface area contributed by atoms with Gasteiger partial charge in [0.05, 0.1) is 0 Å². The molecule has 13 heavy (non-hydrogen) atoms. The second-order valence-corrected chi connectivity index (χ2v) is 3.87. The second-order valence-electron chi connectivity index (χ2n) is 3.19. The summed E-state index contributed by atoms with van der Waals surface area (Å²) in [7, 11) is 0. The first-order valence-electron chi connectivity index (χ1n) is 4.31. The third-order valence-electron chi connectivity index (χ3n) is 2.23. The molecular formula is C12H11S. The molecule has 0 aliphatic rings. The number of hydrogen-bond acceptors (Lipinski definition) is 1. The maximum atomic E-state index is 3.24. The quantitative estimate of drug-likeness (QED) is 0.636. The van der Waals surface area contributed by atoms with Gasteiger partial charge < -0.3 is 0 Å². The lowest BCUT2D eigenvalue weighted by molar-refractivity contribution is 1.44. The van der Waals surface area contributed by atoms with Crippen LogP contribution in [-0.2, 0) is 0 Å². The monoisotopic (exact) mass is 187 g/mol. The number of thiophene rings is 1. The molecular weight excluding hydrogens is 176 g/mol. The van der Waals surface area contributed by atoms with Gasteiger partial charge in [-0.25, -0.2) is 0 Å². The molecule has 0 fully saturated rings. The predicted molar refractivity (Wildman–Crippen MR) is 58.1 cm³/mol. The minimum absolute atomic E-state index is 1.25. The van der Waals surface area contributed by atoms with E-state index in [1.165, 1.54) is 22.3 Å². The normalized spacial score (nSPS) is 10.3. The summed E-state index contributed by atoms with van der Waals surface area (Å²) in [6.45, 7) is 4.25.